The third-order valence-electron chi connectivity index (χ3n) is 5.40. The number of carbonyl (C=O) groups is 2. The predicted octanol–water partition coefficient (Wildman–Crippen LogP) is 7.25. The minimum Gasteiger partial charge on any atom is -0.332 e. The maximum Gasteiger partial charge on any atom is 0.239 e. The van der Waals surface area contributed by atoms with E-state index >= 15 is 0 Å². The minimum atomic E-state index is -0.327. The molecule has 0 saturated heterocycles. The number of thioether (sulfide) groups is 1. The van der Waals surface area contributed by atoms with Crippen LogP contribution in [-0.4, -0.2) is 27.0 Å². The van der Waals surface area contributed by atoms with E-state index in [1.165, 1.54) is 35.6 Å². The zero-order valence-electron chi connectivity index (χ0n) is 20.6. The Labute approximate surface area is 229 Å². The lowest BCUT2D eigenvalue weighted by Crippen LogP contribution is -2.22. The molecule has 1 unspecified atom stereocenters. The fourth-order valence-electron chi connectivity index (χ4n) is 3.38. The van der Waals surface area contributed by atoms with Crippen LogP contribution >= 0.6 is 35.3 Å². The van der Waals surface area contributed by atoms with E-state index in [0.717, 1.165) is 27.5 Å². The highest BCUT2D eigenvalue weighted by atomic mass is 32.2. The Bertz CT molecular complexity index is 1420. The van der Waals surface area contributed by atoms with Crippen molar-refractivity contribution >= 4 is 68.6 Å². The second kappa shape index (κ2) is 12.1. The summed E-state index contributed by atoms with van der Waals surface area (Å²) < 4.78 is 0. The normalized spacial score (nSPS) is 11.4. The van der Waals surface area contributed by atoms with Gasteiger partial charge in [0.1, 0.15) is 0 Å². The largest absolute Gasteiger partial charge is 0.332 e. The second-order valence-corrected chi connectivity index (χ2v) is 11.1. The number of Topliss-reactive ketones (excluding diaryl/α,β-unsaturated/α-hetero) is 1. The molecule has 0 spiro atoms. The Hall–Kier alpha value is -3.53. The van der Waals surface area contributed by atoms with Gasteiger partial charge in [0.05, 0.1) is 10.9 Å². The number of benzene rings is 3. The summed E-state index contributed by atoms with van der Waals surface area (Å²) in [7, 11) is 0. The van der Waals surface area contributed by atoms with Gasteiger partial charge in [-0.05, 0) is 75.5 Å². The van der Waals surface area contributed by atoms with Crippen molar-refractivity contribution in [2.75, 3.05) is 16.0 Å². The lowest BCUT2D eigenvalue weighted by Gasteiger charge is -2.13. The van der Waals surface area contributed by atoms with Crippen molar-refractivity contribution in [2.24, 2.45) is 0 Å². The van der Waals surface area contributed by atoms with Crippen LogP contribution in [0.5, 0.6) is 0 Å². The third kappa shape index (κ3) is 7.48. The van der Waals surface area contributed by atoms with Crippen LogP contribution in [0.25, 0.3) is 11.3 Å². The molecular formula is C28H26N4O2S3. The van der Waals surface area contributed by atoms with E-state index in [-0.39, 0.29) is 16.9 Å². The van der Waals surface area contributed by atoms with E-state index in [2.05, 4.69) is 20.9 Å². The van der Waals surface area contributed by atoms with Gasteiger partial charge in [-0.3, -0.25) is 9.59 Å². The highest BCUT2D eigenvalue weighted by molar-refractivity contribution is 8.00. The number of thiazole rings is 1. The molecule has 0 saturated carbocycles. The maximum absolute atomic E-state index is 12.8. The number of thiocarbonyl (C=S) groups is 1. The molecule has 37 heavy (non-hydrogen) atoms. The van der Waals surface area contributed by atoms with Crippen LogP contribution < -0.4 is 16.0 Å². The lowest BCUT2D eigenvalue weighted by atomic mass is 10.1. The van der Waals surface area contributed by atoms with Crippen LogP contribution in [0.2, 0.25) is 0 Å². The third-order valence-corrected chi connectivity index (χ3v) is 7.46. The maximum atomic E-state index is 12.8. The number of carbonyl (C=O) groups excluding carboxylic acids is 2. The van der Waals surface area contributed by atoms with Crippen molar-refractivity contribution in [3.05, 3.63) is 89.3 Å². The van der Waals surface area contributed by atoms with Crippen molar-refractivity contribution in [2.45, 2.75) is 30.9 Å². The van der Waals surface area contributed by atoms with Crippen molar-refractivity contribution in [1.82, 2.24) is 4.98 Å². The summed E-state index contributed by atoms with van der Waals surface area (Å²) in [6.07, 6.45) is 0. The first-order valence-electron chi connectivity index (χ1n) is 11.6. The average Bonchev–Trinajstić information content (AvgIpc) is 3.33. The van der Waals surface area contributed by atoms with E-state index in [4.69, 9.17) is 12.2 Å². The smallest absolute Gasteiger partial charge is 0.239 e. The van der Waals surface area contributed by atoms with E-state index in [0.29, 0.717) is 15.8 Å². The summed E-state index contributed by atoms with van der Waals surface area (Å²) in [4.78, 5) is 29.7. The quantitative estimate of drug-likeness (QED) is 0.122. The number of aryl methyl sites for hydroxylation is 1. The molecule has 1 aromatic heterocycles. The van der Waals surface area contributed by atoms with Crippen molar-refractivity contribution in [3.63, 3.8) is 0 Å². The van der Waals surface area contributed by atoms with Gasteiger partial charge in [0.2, 0.25) is 5.91 Å². The summed E-state index contributed by atoms with van der Waals surface area (Å²) in [6.45, 7) is 5.45. The molecule has 0 aliphatic carbocycles. The number of anilines is 3. The predicted molar refractivity (Wildman–Crippen MR) is 159 cm³/mol. The monoisotopic (exact) mass is 546 g/mol. The fourth-order valence-corrected chi connectivity index (χ4v) is 5.27. The van der Waals surface area contributed by atoms with Gasteiger partial charge in [-0.2, -0.15) is 0 Å². The van der Waals surface area contributed by atoms with Gasteiger partial charge in [0, 0.05) is 32.8 Å². The molecule has 3 aromatic carbocycles. The number of hydrogen-bond acceptors (Lipinski definition) is 6. The number of nitrogens with zero attached hydrogens (tertiary/aromatic N) is 1. The first-order valence-corrected chi connectivity index (χ1v) is 13.7. The molecule has 0 bridgehead atoms. The molecule has 6 nitrogen and oxygen atoms in total. The number of ketones is 1. The molecule has 0 fully saturated rings. The summed E-state index contributed by atoms with van der Waals surface area (Å²) in [5.74, 6) is -0.0949. The zero-order valence-corrected chi connectivity index (χ0v) is 23.0. The van der Waals surface area contributed by atoms with E-state index in [9.17, 15) is 9.59 Å². The Kier molecular flexibility index (Phi) is 8.70. The Morgan fingerprint density at radius 2 is 1.65 bits per heavy atom. The Balaban J connectivity index is 1.31. The van der Waals surface area contributed by atoms with Gasteiger partial charge in [-0.15, -0.1) is 23.1 Å². The van der Waals surface area contributed by atoms with Gasteiger partial charge >= 0.3 is 0 Å². The first-order chi connectivity index (χ1) is 17.8. The van der Waals surface area contributed by atoms with E-state index in [1.54, 1.807) is 12.1 Å². The summed E-state index contributed by atoms with van der Waals surface area (Å²) >= 11 is 8.29. The van der Waals surface area contributed by atoms with E-state index < -0.39 is 0 Å². The Morgan fingerprint density at radius 1 is 0.946 bits per heavy atom. The fraction of sp³-hybridized carbons (Fsp3) is 0.143. The number of aromatic nitrogens is 1. The second-order valence-electron chi connectivity index (χ2n) is 8.39. The van der Waals surface area contributed by atoms with Crippen LogP contribution in [0.4, 0.5) is 16.5 Å². The van der Waals surface area contributed by atoms with Gasteiger partial charge in [-0.25, -0.2) is 4.98 Å². The molecule has 0 aliphatic heterocycles. The molecule has 1 atom stereocenters. The number of nitrogens with one attached hydrogen (secondary N) is 3. The summed E-state index contributed by atoms with van der Waals surface area (Å²) in [5, 5.41) is 11.8. The van der Waals surface area contributed by atoms with Crippen LogP contribution in [0.3, 0.4) is 0 Å². The standard InChI is InChI=1S/C28H26N4O2S3/c1-17-7-9-21(10-8-17)25-16-36-28(31-25)32-26(34)19(3)37-24-6-4-5-23(15-24)30-27(35)29-22-13-11-20(12-14-22)18(2)33/h4-16,19H,1-3H3,(H2,29,30,35)(H,31,32,34). The van der Waals surface area contributed by atoms with Crippen molar-refractivity contribution in [1.29, 1.82) is 0 Å². The molecule has 1 amide bonds. The molecular weight excluding hydrogens is 521 g/mol. The van der Waals surface area contributed by atoms with Gasteiger partial charge in [0.15, 0.2) is 16.0 Å². The average molecular weight is 547 g/mol. The van der Waals surface area contributed by atoms with Crippen molar-refractivity contribution < 1.29 is 9.59 Å². The van der Waals surface area contributed by atoms with Crippen LogP contribution in [0.1, 0.15) is 29.8 Å². The molecule has 3 N–H and O–H groups in total. The molecule has 1 heterocycles. The number of amides is 1. The minimum absolute atomic E-state index is 0.0168. The molecule has 0 radical (unpaired) electrons. The SMILES string of the molecule is CC(=O)c1ccc(NC(=S)Nc2cccc(SC(C)C(=O)Nc3nc(-c4ccc(C)cc4)cs3)c2)cc1. The summed E-state index contributed by atoms with van der Waals surface area (Å²) in [6, 6.07) is 23.0. The topological polar surface area (TPSA) is 83.1 Å². The number of rotatable bonds is 8. The molecule has 188 valence electrons. The number of hydrogen-bond donors (Lipinski definition) is 3. The lowest BCUT2D eigenvalue weighted by molar-refractivity contribution is -0.115. The molecule has 9 heteroatoms. The highest BCUT2D eigenvalue weighted by Crippen LogP contribution is 2.29. The van der Waals surface area contributed by atoms with Gasteiger partial charge < -0.3 is 16.0 Å². The van der Waals surface area contributed by atoms with Crippen molar-refractivity contribution in [3.8, 4) is 11.3 Å². The molecule has 4 rings (SSSR count). The van der Waals surface area contributed by atoms with Crippen LogP contribution in [0.15, 0.2) is 83.1 Å². The van der Waals surface area contributed by atoms with Crippen LogP contribution in [0, 0.1) is 6.92 Å². The molecule has 0 aliphatic rings. The Morgan fingerprint density at radius 3 is 2.35 bits per heavy atom. The summed E-state index contributed by atoms with van der Waals surface area (Å²) in [5.41, 5.74) is 5.29. The van der Waals surface area contributed by atoms with Gasteiger partial charge in [-0.1, -0.05) is 35.9 Å². The van der Waals surface area contributed by atoms with Crippen LogP contribution in [-0.2, 0) is 4.79 Å². The zero-order chi connectivity index (χ0) is 26.4. The highest BCUT2D eigenvalue weighted by Gasteiger charge is 2.17. The first kappa shape index (κ1) is 26.5. The molecule has 4 aromatic rings. The van der Waals surface area contributed by atoms with E-state index in [1.807, 2.05) is 79.9 Å². The van der Waals surface area contributed by atoms with Gasteiger partial charge in [0.25, 0.3) is 0 Å².